The number of nitrogens with zero attached hydrogens (tertiary/aromatic N) is 4. The van der Waals surface area contributed by atoms with Crippen molar-refractivity contribution in [3.05, 3.63) is 81.0 Å². The van der Waals surface area contributed by atoms with E-state index in [-0.39, 0.29) is 5.78 Å². The second-order valence-corrected chi connectivity index (χ2v) is 9.20. The highest BCUT2D eigenvalue weighted by atomic mass is 79.9. The lowest BCUT2D eigenvalue weighted by Crippen LogP contribution is -2.07. The van der Waals surface area contributed by atoms with Gasteiger partial charge < -0.3 is 0 Å². The van der Waals surface area contributed by atoms with E-state index < -0.39 is 0 Å². The van der Waals surface area contributed by atoms with E-state index in [1.165, 1.54) is 16.6 Å². The molecule has 0 atom stereocenters. The van der Waals surface area contributed by atoms with Crippen LogP contribution in [0.2, 0.25) is 0 Å². The van der Waals surface area contributed by atoms with Crippen molar-refractivity contribution >= 4 is 44.8 Å². The van der Waals surface area contributed by atoms with Crippen LogP contribution >= 0.6 is 39.0 Å². The molecule has 0 aliphatic rings. The first-order valence-electron chi connectivity index (χ1n) is 8.99. The molecule has 0 amide bonds. The number of aryl methyl sites for hydroxylation is 2. The van der Waals surface area contributed by atoms with Crippen LogP contribution in [0.1, 0.15) is 15.2 Å². The Hall–Kier alpha value is -2.29. The number of thioether (sulfide) groups is 1. The average molecular weight is 485 g/mol. The van der Waals surface area contributed by atoms with E-state index in [2.05, 4.69) is 42.9 Å². The maximum Gasteiger partial charge on any atom is 0.209 e. The minimum atomic E-state index is 0.0603. The molecule has 0 saturated carbocycles. The van der Waals surface area contributed by atoms with Crippen molar-refractivity contribution in [2.75, 3.05) is 5.75 Å². The Morgan fingerprint density at radius 2 is 1.76 bits per heavy atom. The lowest BCUT2D eigenvalue weighted by molar-refractivity contribution is 0.102. The van der Waals surface area contributed by atoms with Gasteiger partial charge in [-0.25, -0.2) is 4.68 Å². The molecule has 8 heteroatoms. The Labute approximate surface area is 185 Å². The van der Waals surface area contributed by atoms with Crippen LogP contribution in [0.5, 0.6) is 0 Å². The van der Waals surface area contributed by atoms with Crippen LogP contribution in [0.25, 0.3) is 11.1 Å². The number of halogens is 1. The summed E-state index contributed by atoms with van der Waals surface area (Å²) < 4.78 is 2.80. The number of Topliss-reactive ketones (excluding diaryl/α,β-unsaturated/α-hetero) is 1. The van der Waals surface area contributed by atoms with Crippen LogP contribution in [0.4, 0.5) is 0 Å². The fraction of sp³-hybridized carbons (Fsp3) is 0.143. The molecular weight excluding hydrogens is 468 g/mol. The third kappa shape index (κ3) is 5.20. The van der Waals surface area contributed by atoms with Gasteiger partial charge in [0.05, 0.1) is 12.3 Å². The molecule has 4 rings (SSSR count). The molecule has 4 aromatic rings. The summed E-state index contributed by atoms with van der Waals surface area (Å²) in [6, 6.07) is 20.0. The lowest BCUT2D eigenvalue weighted by Gasteiger charge is -2.05. The van der Waals surface area contributed by atoms with Gasteiger partial charge >= 0.3 is 0 Å². The van der Waals surface area contributed by atoms with Gasteiger partial charge in [0.25, 0.3) is 0 Å². The minimum Gasteiger partial charge on any atom is -0.293 e. The Bertz CT molecular complexity index is 1080. The van der Waals surface area contributed by atoms with Crippen molar-refractivity contribution < 1.29 is 4.79 Å². The number of aromatic nitrogens is 4. The third-order valence-corrected chi connectivity index (χ3v) is 6.79. The van der Waals surface area contributed by atoms with Crippen LogP contribution in [-0.4, -0.2) is 31.7 Å². The zero-order valence-electron chi connectivity index (χ0n) is 15.4. The zero-order chi connectivity index (χ0) is 20.1. The number of hydrogen-bond donors (Lipinski definition) is 0. The summed E-state index contributed by atoms with van der Waals surface area (Å²) in [7, 11) is 0. The number of carbonyl (C=O) groups is 1. The van der Waals surface area contributed by atoms with E-state index in [1.54, 1.807) is 16.0 Å². The number of ketones is 1. The number of thiophene rings is 1. The second-order valence-electron chi connectivity index (χ2n) is 6.31. The van der Waals surface area contributed by atoms with Crippen molar-refractivity contribution in [3.8, 4) is 11.1 Å². The average Bonchev–Trinajstić information content (AvgIpc) is 3.43. The van der Waals surface area contributed by atoms with E-state index in [4.69, 9.17) is 0 Å². The topological polar surface area (TPSA) is 60.7 Å². The number of hydrogen-bond acceptors (Lipinski definition) is 6. The molecule has 0 N–H and O–H groups in total. The summed E-state index contributed by atoms with van der Waals surface area (Å²) in [6.07, 6.45) is 0.877. The third-order valence-electron chi connectivity index (χ3n) is 4.37. The van der Waals surface area contributed by atoms with Crippen LogP contribution in [0.3, 0.4) is 0 Å². The molecule has 5 nitrogen and oxygen atoms in total. The van der Waals surface area contributed by atoms with Crippen molar-refractivity contribution in [1.29, 1.82) is 0 Å². The monoisotopic (exact) mass is 484 g/mol. The SMILES string of the molecule is O=C(CSc1nnnn1CCc1cccs1)c1ccc(-c2ccc(Br)cc2)cc1. The summed E-state index contributed by atoms with van der Waals surface area (Å²) in [4.78, 5) is 13.9. The van der Waals surface area contributed by atoms with Crippen molar-refractivity contribution in [2.45, 2.75) is 18.1 Å². The molecule has 2 aromatic heterocycles. The summed E-state index contributed by atoms with van der Waals surface area (Å²) in [5.41, 5.74) is 2.89. The summed E-state index contributed by atoms with van der Waals surface area (Å²) in [5, 5.41) is 14.6. The molecule has 2 aromatic carbocycles. The van der Waals surface area contributed by atoms with Crippen molar-refractivity contribution in [1.82, 2.24) is 20.2 Å². The smallest absolute Gasteiger partial charge is 0.209 e. The van der Waals surface area contributed by atoms with Gasteiger partial charge in [-0.2, -0.15) is 0 Å². The molecule has 0 spiro atoms. The zero-order valence-corrected chi connectivity index (χ0v) is 18.6. The summed E-state index contributed by atoms with van der Waals surface area (Å²) >= 11 is 6.54. The molecule has 0 radical (unpaired) electrons. The van der Waals surface area contributed by atoms with Crippen molar-refractivity contribution in [2.24, 2.45) is 0 Å². The van der Waals surface area contributed by atoms with Gasteiger partial charge in [-0.05, 0) is 45.1 Å². The molecular formula is C21H17BrN4OS2. The molecule has 0 unspecified atom stereocenters. The quantitative estimate of drug-likeness (QED) is 0.248. The molecule has 0 bridgehead atoms. The van der Waals surface area contributed by atoms with Crippen LogP contribution in [0, 0.1) is 0 Å². The predicted molar refractivity (Wildman–Crippen MR) is 120 cm³/mol. The normalized spacial score (nSPS) is 10.9. The fourth-order valence-corrected chi connectivity index (χ4v) is 4.58. The minimum absolute atomic E-state index is 0.0603. The highest BCUT2D eigenvalue weighted by Gasteiger charge is 2.12. The van der Waals surface area contributed by atoms with Crippen LogP contribution in [0.15, 0.2) is 75.7 Å². The predicted octanol–water partition coefficient (Wildman–Crippen LogP) is 5.38. The van der Waals surface area contributed by atoms with Crippen LogP contribution in [-0.2, 0) is 13.0 Å². The summed E-state index contributed by atoms with van der Waals surface area (Å²) in [6.45, 7) is 0.700. The number of tetrazole rings is 1. The van der Waals surface area contributed by atoms with Gasteiger partial charge in [-0.15, -0.1) is 16.4 Å². The standard InChI is InChI=1S/C21H17BrN4OS2/c22-18-9-7-16(8-10-18)15-3-5-17(6-4-15)20(27)14-29-21-23-24-25-26(21)12-11-19-2-1-13-28-19/h1-10,13H,11-12,14H2. The maximum absolute atomic E-state index is 12.6. The highest BCUT2D eigenvalue weighted by Crippen LogP contribution is 2.23. The van der Waals surface area contributed by atoms with Gasteiger partial charge in [0.15, 0.2) is 5.78 Å². The van der Waals surface area contributed by atoms with Gasteiger partial charge in [0, 0.05) is 21.3 Å². The molecule has 0 aliphatic carbocycles. The summed E-state index contributed by atoms with van der Waals surface area (Å²) in [5.74, 6) is 0.363. The highest BCUT2D eigenvalue weighted by molar-refractivity contribution is 9.10. The molecule has 0 fully saturated rings. The Morgan fingerprint density at radius 3 is 2.45 bits per heavy atom. The Kier molecular flexibility index (Phi) is 6.53. The van der Waals surface area contributed by atoms with Gasteiger partial charge in [0.1, 0.15) is 0 Å². The molecule has 29 heavy (non-hydrogen) atoms. The van der Waals surface area contributed by atoms with Crippen LogP contribution < -0.4 is 0 Å². The number of carbonyl (C=O) groups excluding carboxylic acids is 1. The maximum atomic E-state index is 12.6. The van der Waals surface area contributed by atoms with Gasteiger partial charge in [0.2, 0.25) is 5.16 Å². The van der Waals surface area contributed by atoms with Gasteiger partial charge in [-0.1, -0.05) is 70.2 Å². The lowest BCUT2D eigenvalue weighted by atomic mass is 10.0. The number of benzene rings is 2. The second kappa shape index (κ2) is 9.47. The Morgan fingerprint density at radius 1 is 1.03 bits per heavy atom. The first-order chi connectivity index (χ1) is 14.2. The molecule has 2 heterocycles. The Balaban J connectivity index is 1.35. The fourth-order valence-electron chi connectivity index (χ4n) is 2.82. The number of rotatable bonds is 8. The molecule has 0 saturated heterocycles. The first-order valence-corrected chi connectivity index (χ1v) is 11.7. The van der Waals surface area contributed by atoms with E-state index >= 15 is 0 Å². The van der Waals surface area contributed by atoms with E-state index in [0.717, 1.165) is 22.0 Å². The van der Waals surface area contributed by atoms with E-state index in [0.29, 0.717) is 23.0 Å². The molecule has 146 valence electrons. The molecule has 0 aliphatic heterocycles. The van der Waals surface area contributed by atoms with Crippen molar-refractivity contribution in [3.63, 3.8) is 0 Å². The first kappa shape index (κ1) is 20.0. The van der Waals surface area contributed by atoms with Gasteiger partial charge in [-0.3, -0.25) is 4.79 Å². The van der Waals surface area contributed by atoms with E-state index in [9.17, 15) is 4.79 Å². The van der Waals surface area contributed by atoms with E-state index in [1.807, 2.05) is 54.6 Å². The largest absolute Gasteiger partial charge is 0.293 e.